The fraction of sp³-hybridized carbons (Fsp3) is 0.852. The van der Waals surface area contributed by atoms with Crippen molar-refractivity contribution in [3.05, 3.63) is 23.8 Å². The van der Waals surface area contributed by atoms with Crippen molar-refractivity contribution in [2.24, 2.45) is 23.7 Å². The number of nitrogens with zero attached hydrogens (tertiary/aromatic N) is 1. The summed E-state index contributed by atoms with van der Waals surface area (Å²) in [6.45, 7) is 10.4. The van der Waals surface area contributed by atoms with Crippen LogP contribution in [0.1, 0.15) is 91.9 Å². The molecule has 3 fully saturated rings. The van der Waals surface area contributed by atoms with Crippen LogP contribution in [0.2, 0.25) is 0 Å². The molecule has 30 heavy (non-hydrogen) atoms. The first-order valence-electron chi connectivity index (χ1n) is 12.8. The van der Waals surface area contributed by atoms with Crippen molar-refractivity contribution in [2.45, 2.75) is 116 Å². The fourth-order valence-electron chi connectivity index (χ4n) is 6.50. The molecule has 0 bridgehead atoms. The first-order chi connectivity index (χ1) is 14.4. The first kappa shape index (κ1) is 24.0. The summed E-state index contributed by atoms with van der Waals surface area (Å²) in [7, 11) is 0. The van der Waals surface area contributed by atoms with Crippen molar-refractivity contribution in [1.29, 1.82) is 0 Å². The lowest BCUT2D eigenvalue weighted by molar-refractivity contribution is 0.135. The lowest BCUT2D eigenvalue weighted by Gasteiger charge is -2.30. The third kappa shape index (κ3) is 6.20. The van der Waals surface area contributed by atoms with Crippen molar-refractivity contribution in [3.8, 4) is 0 Å². The topological polar surface area (TPSA) is 43.7 Å². The highest BCUT2D eigenvalue weighted by molar-refractivity contribution is 5.18. The van der Waals surface area contributed by atoms with Crippen molar-refractivity contribution in [3.63, 3.8) is 0 Å². The maximum absolute atomic E-state index is 10.6. The van der Waals surface area contributed by atoms with Gasteiger partial charge in [0.15, 0.2) is 0 Å². The van der Waals surface area contributed by atoms with Crippen molar-refractivity contribution < 1.29 is 10.2 Å². The zero-order valence-corrected chi connectivity index (χ0v) is 20.0. The molecule has 2 N–H and O–H groups in total. The van der Waals surface area contributed by atoms with Crippen molar-refractivity contribution in [2.75, 3.05) is 6.54 Å². The third-order valence-electron chi connectivity index (χ3n) is 8.15. The summed E-state index contributed by atoms with van der Waals surface area (Å²) in [5.74, 6) is 1.90. The minimum atomic E-state index is -0.314. The van der Waals surface area contributed by atoms with Gasteiger partial charge in [-0.2, -0.15) is 0 Å². The average Bonchev–Trinajstić information content (AvgIpc) is 3.39. The van der Waals surface area contributed by atoms with Crippen LogP contribution in [-0.4, -0.2) is 45.9 Å². The highest BCUT2D eigenvalue weighted by Gasteiger charge is 2.45. The van der Waals surface area contributed by atoms with Gasteiger partial charge in [0.25, 0.3) is 0 Å². The Bertz CT molecular complexity index is 567. The predicted octanol–water partition coefficient (Wildman–Crippen LogP) is 5.72. The monoisotopic (exact) mass is 417 g/mol. The van der Waals surface area contributed by atoms with Crippen LogP contribution in [0.4, 0.5) is 0 Å². The lowest BCUT2D eigenvalue weighted by atomic mass is 9.89. The number of rotatable bonds is 10. The number of aliphatic hydroxyl groups excluding tert-OH is 2. The second kappa shape index (κ2) is 11.3. The van der Waals surface area contributed by atoms with Gasteiger partial charge >= 0.3 is 0 Å². The Kier molecular flexibility index (Phi) is 9.04. The molecule has 0 spiro atoms. The Morgan fingerprint density at radius 2 is 1.73 bits per heavy atom. The van der Waals surface area contributed by atoms with Crippen LogP contribution < -0.4 is 0 Å². The lowest BCUT2D eigenvalue weighted by Crippen LogP contribution is -2.37. The minimum absolute atomic E-state index is 0.216. The maximum Gasteiger partial charge on any atom is 0.0749 e. The van der Waals surface area contributed by atoms with E-state index < -0.39 is 0 Å². The van der Waals surface area contributed by atoms with Crippen LogP contribution in [0, 0.1) is 23.7 Å². The van der Waals surface area contributed by atoms with Crippen LogP contribution in [0.3, 0.4) is 0 Å². The summed E-state index contributed by atoms with van der Waals surface area (Å²) in [6.07, 6.45) is 18.0. The Balaban J connectivity index is 1.44. The fourth-order valence-corrected chi connectivity index (χ4v) is 6.50. The summed E-state index contributed by atoms with van der Waals surface area (Å²) in [5, 5.41) is 21.1. The molecule has 3 saturated carbocycles. The second-order valence-electron chi connectivity index (χ2n) is 10.9. The normalized spacial score (nSPS) is 32.5. The number of hydrogen-bond donors (Lipinski definition) is 2. The highest BCUT2D eigenvalue weighted by atomic mass is 16.3. The van der Waals surface area contributed by atoms with Crippen molar-refractivity contribution >= 4 is 0 Å². The summed E-state index contributed by atoms with van der Waals surface area (Å²) in [6, 6.07) is 1.25. The van der Waals surface area contributed by atoms with E-state index in [1.807, 2.05) is 6.08 Å². The Hall–Kier alpha value is -0.640. The smallest absolute Gasteiger partial charge is 0.0749 e. The van der Waals surface area contributed by atoms with Crippen molar-refractivity contribution in [1.82, 2.24) is 4.90 Å². The van der Waals surface area contributed by atoms with E-state index in [0.29, 0.717) is 29.8 Å². The molecular formula is C27H47NO2. The third-order valence-corrected chi connectivity index (χ3v) is 8.15. The molecule has 3 heteroatoms. The van der Waals surface area contributed by atoms with Gasteiger partial charge in [-0.15, -0.1) is 0 Å². The van der Waals surface area contributed by atoms with E-state index >= 15 is 0 Å². The van der Waals surface area contributed by atoms with Gasteiger partial charge in [-0.25, -0.2) is 0 Å². The van der Waals surface area contributed by atoms with Gasteiger partial charge in [-0.05, 0) is 103 Å². The van der Waals surface area contributed by atoms with Crippen LogP contribution in [0.15, 0.2) is 23.8 Å². The first-order valence-corrected chi connectivity index (χ1v) is 12.8. The van der Waals surface area contributed by atoms with Crippen LogP contribution >= 0.6 is 0 Å². The van der Waals surface area contributed by atoms with Gasteiger partial charge in [-0.1, -0.05) is 36.6 Å². The van der Waals surface area contributed by atoms with Gasteiger partial charge < -0.3 is 10.2 Å². The van der Waals surface area contributed by atoms with E-state index in [1.54, 1.807) is 5.57 Å². The maximum atomic E-state index is 10.6. The second-order valence-corrected chi connectivity index (χ2v) is 10.9. The van der Waals surface area contributed by atoms with Crippen LogP contribution in [0.25, 0.3) is 0 Å². The molecule has 172 valence electrons. The Morgan fingerprint density at radius 1 is 1.03 bits per heavy atom. The highest BCUT2D eigenvalue weighted by Crippen LogP contribution is 2.50. The van der Waals surface area contributed by atoms with E-state index in [2.05, 4.69) is 44.7 Å². The quantitative estimate of drug-likeness (QED) is 0.353. The standard InChI is InChI=1S/C27H47NO2/c1-19(2)28(20(3)4)15-9-5-6-10-21-16-23-18-27(30)24(25(23)17-21)13-14-26(29)22-11-7-8-12-22/h10,13-14,19-20,22-27,29-30H,5-9,11-12,15-18H2,1-4H3/t23-,24+,25-,26+,27+/m0/s1. The predicted molar refractivity (Wildman–Crippen MR) is 126 cm³/mol. The molecule has 0 heterocycles. The molecule has 0 amide bonds. The zero-order chi connectivity index (χ0) is 21.7. The molecule has 5 atom stereocenters. The minimum Gasteiger partial charge on any atom is -0.392 e. The summed E-state index contributed by atoms with van der Waals surface area (Å²) >= 11 is 0. The number of hydrogen-bond acceptors (Lipinski definition) is 3. The number of aliphatic hydroxyl groups is 2. The molecule has 3 nitrogen and oxygen atoms in total. The molecule has 0 aromatic rings. The molecule has 0 unspecified atom stereocenters. The van der Waals surface area contributed by atoms with Gasteiger partial charge in [0.1, 0.15) is 0 Å². The molecular weight excluding hydrogens is 370 g/mol. The largest absolute Gasteiger partial charge is 0.392 e. The van der Waals surface area contributed by atoms with E-state index in [0.717, 1.165) is 25.7 Å². The van der Waals surface area contributed by atoms with Crippen LogP contribution in [-0.2, 0) is 0 Å². The molecule has 0 aromatic carbocycles. The number of unbranched alkanes of at least 4 members (excludes halogenated alkanes) is 2. The van der Waals surface area contributed by atoms with Crippen LogP contribution in [0.5, 0.6) is 0 Å². The molecule has 3 rings (SSSR count). The number of fused-ring (bicyclic) bond motifs is 1. The molecule has 0 radical (unpaired) electrons. The van der Waals surface area contributed by atoms with Gasteiger partial charge in [0, 0.05) is 18.0 Å². The SMILES string of the molecule is CC(C)N(CCCCC=C1C[C@H]2C[C@@H](O)[C@H](C=C[C@@H](O)C3CCCC3)[C@H]2C1)C(C)C. The van der Waals surface area contributed by atoms with Gasteiger partial charge in [-0.3, -0.25) is 4.90 Å². The molecule has 0 saturated heterocycles. The zero-order valence-electron chi connectivity index (χ0n) is 20.0. The average molecular weight is 418 g/mol. The summed E-state index contributed by atoms with van der Waals surface area (Å²) < 4.78 is 0. The molecule has 0 aromatic heterocycles. The Morgan fingerprint density at radius 3 is 2.40 bits per heavy atom. The van der Waals surface area contributed by atoms with Gasteiger partial charge in [0.2, 0.25) is 0 Å². The van der Waals surface area contributed by atoms with E-state index in [4.69, 9.17) is 0 Å². The summed E-state index contributed by atoms with van der Waals surface area (Å²) in [5.41, 5.74) is 1.62. The van der Waals surface area contributed by atoms with E-state index in [1.165, 1.54) is 45.1 Å². The number of allylic oxidation sites excluding steroid dienone is 2. The van der Waals surface area contributed by atoms with E-state index in [-0.39, 0.29) is 18.1 Å². The molecule has 3 aliphatic carbocycles. The van der Waals surface area contributed by atoms with E-state index in [9.17, 15) is 10.2 Å². The summed E-state index contributed by atoms with van der Waals surface area (Å²) in [4.78, 5) is 2.59. The molecule has 0 aliphatic heterocycles. The van der Waals surface area contributed by atoms with Gasteiger partial charge in [0.05, 0.1) is 12.2 Å². The molecule has 3 aliphatic rings. The Labute approximate surface area is 185 Å².